The van der Waals surface area contributed by atoms with E-state index < -0.39 is 10.2 Å². The van der Waals surface area contributed by atoms with Crippen LogP contribution in [0.3, 0.4) is 0 Å². The lowest BCUT2D eigenvalue weighted by Crippen LogP contribution is -2.48. The molecule has 0 aromatic heterocycles. The van der Waals surface area contributed by atoms with Crippen molar-refractivity contribution < 1.29 is 8.42 Å². The smallest absolute Gasteiger partial charge is 0.279 e. The van der Waals surface area contributed by atoms with E-state index in [1.807, 2.05) is 6.92 Å². The lowest BCUT2D eigenvalue weighted by Gasteiger charge is -2.31. The van der Waals surface area contributed by atoms with Crippen LogP contribution in [0.1, 0.15) is 46.5 Å². The molecule has 1 atom stereocenters. The lowest BCUT2D eigenvalue weighted by molar-refractivity contribution is 0.274. The molecule has 1 heterocycles. The SMILES string of the molecule is CC(C)CCC(C)NS(=O)(=O)N1CCC(CN)CC1. The maximum absolute atomic E-state index is 12.2. The highest BCUT2D eigenvalue weighted by molar-refractivity contribution is 7.87. The molecule has 1 unspecified atom stereocenters. The Morgan fingerprint density at radius 3 is 2.26 bits per heavy atom. The third-order valence-electron chi connectivity index (χ3n) is 3.77. The second-order valence-corrected chi connectivity index (χ2v) is 7.78. The fourth-order valence-electron chi connectivity index (χ4n) is 2.36. The Morgan fingerprint density at radius 2 is 1.79 bits per heavy atom. The van der Waals surface area contributed by atoms with Gasteiger partial charge >= 0.3 is 0 Å². The molecule has 5 nitrogen and oxygen atoms in total. The maximum Gasteiger partial charge on any atom is 0.279 e. The average Bonchev–Trinajstić information content (AvgIpc) is 2.36. The Labute approximate surface area is 118 Å². The Bertz CT molecular complexity index is 349. The van der Waals surface area contributed by atoms with Crippen LogP contribution in [0.25, 0.3) is 0 Å². The quantitative estimate of drug-likeness (QED) is 0.743. The number of nitrogens with one attached hydrogen (secondary N) is 1. The predicted octanol–water partition coefficient (Wildman–Crippen LogP) is 1.32. The average molecular weight is 291 g/mol. The van der Waals surface area contributed by atoms with E-state index in [0.717, 1.165) is 25.7 Å². The minimum absolute atomic E-state index is 0.000341. The van der Waals surface area contributed by atoms with Crippen molar-refractivity contribution in [1.82, 2.24) is 9.03 Å². The molecule has 19 heavy (non-hydrogen) atoms. The monoisotopic (exact) mass is 291 g/mol. The molecule has 0 aliphatic carbocycles. The summed E-state index contributed by atoms with van der Waals surface area (Å²) in [6.45, 7) is 8.08. The van der Waals surface area contributed by atoms with Crippen LogP contribution in [-0.4, -0.2) is 38.4 Å². The summed E-state index contributed by atoms with van der Waals surface area (Å²) >= 11 is 0. The zero-order valence-electron chi connectivity index (χ0n) is 12.4. The van der Waals surface area contributed by atoms with Crippen LogP contribution < -0.4 is 10.5 Å². The molecule has 3 N–H and O–H groups in total. The van der Waals surface area contributed by atoms with Gasteiger partial charge in [0.15, 0.2) is 0 Å². The molecular formula is C13H29N3O2S. The predicted molar refractivity (Wildman–Crippen MR) is 78.9 cm³/mol. The van der Waals surface area contributed by atoms with Gasteiger partial charge in [-0.15, -0.1) is 0 Å². The molecule has 0 saturated carbocycles. The van der Waals surface area contributed by atoms with Gasteiger partial charge in [-0.3, -0.25) is 0 Å². The molecule has 0 aromatic rings. The maximum atomic E-state index is 12.2. The van der Waals surface area contributed by atoms with Gasteiger partial charge in [0.1, 0.15) is 0 Å². The Kier molecular flexibility index (Phi) is 6.73. The summed E-state index contributed by atoms with van der Waals surface area (Å²) in [5, 5.41) is 0. The normalized spacial score (nSPS) is 20.9. The molecule has 0 radical (unpaired) electrons. The number of nitrogens with two attached hydrogens (primary N) is 1. The van der Waals surface area contributed by atoms with Gasteiger partial charge in [-0.1, -0.05) is 13.8 Å². The Morgan fingerprint density at radius 1 is 1.21 bits per heavy atom. The largest absolute Gasteiger partial charge is 0.330 e. The number of rotatable bonds is 7. The van der Waals surface area contributed by atoms with Crippen molar-refractivity contribution in [2.45, 2.75) is 52.5 Å². The van der Waals surface area contributed by atoms with Crippen LogP contribution in [0.4, 0.5) is 0 Å². The number of nitrogens with zero attached hydrogens (tertiary/aromatic N) is 1. The number of piperidine rings is 1. The van der Waals surface area contributed by atoms with Crippen molar-refractivity contribution in [3.8, 4) is 0 Å². The van der Waals surface area contributed by atoms with Crippen molar-refractivity contribution >= 4 is 10.2 Å². The van der Waals surface area contributed by atoms with Crippen molar-refractivity contribution in [3.05, 3.63) is 0 Å². The third-order valence-corrected chi connectivity index (χ3v) is 5.52. The second-order valence-electron chi connectivity index (χ2n) is 6.07. The van der Waals surface area contributed by atoms with Crippen LogP contribution in [0.15, 0.2) is 0 Å². The first-order chi connectivity index (χ1) is 8.85. The molecule has 0 amide bonds. The van der Waals surface area contributed by atoms with E-state index >= 15 is 0 Å². The summed E-state index contributed by atoms with van der Waals surface area (Å²) in [5.74, 6) is 1.08. The van der Waals surface area contributed by atoms with Crippen LogP contribution in [0.2, 0.25) is 0 Å². The topological polar surface area (TPSA) is 75.4 Å². The van der Waals surface area contributed by atoms with Crippen LogP contribution in [-0.2, 0) is 10.2 Å². The summed E-state index contributed by atoms with van der Waals surface area (Å²) in [4.78, 5) is 0. The van der Waals surface area contributed by atoms with Gasteiger partial charge in [-0.2, -0.15) is 17.4 Å². The van der Waals surface area contributed by atoms with Crippen molar-refractivity contribution in [2.24, 2.45) is 17.6 Å². The summed E-state index contributed by atoms with van der Waals surface area (Å²) < 4.78 is 28.8. The summed E-state index contributed by atoms with van der Waals surface area (Å²) in [5.41, 5.74) is 5.62. The van der Waals surface area contributed by atoms with Gasteiger partial charge in [0.05, 0.1) is 0 Å². The van der Waals surface area contributed by atoms with Gasteiger partial charge in [0.25, 0.3) is 10.2 Å². The zero-order chi connectivity index (χ0) is 14.5. The summed E-state index contributed by atoms with van der Waals surface area (Å²) in [6.07, 6.45) is 3.67. The molecule has 1 rings (SSSR count). The third kappa shape index (κ3) is 5.77. The lowest BCUT2D eigenvalue weighted by atomic mass is 9.99. The molecule has 6 heteroatoms. The minimum Gasteiger partial charge on any atom is -0.330 e. The molecule has 1 aliphatic rings. The number of hydrogen-bond donors (Lipinski definition) is 2. The second kappa shape index (κ2) is 7.57. The highest BCUT2D eigenvalue weighted by atomic mass is 32.2. The molecule has 0 aromatic carbocycles. The first-order valence-electron chi connectivity index (χ1n) is 7.32. The number of hydrogen-bond acceptors (Lipinski definition) is 3. The van der Waals surface area contributed by atoms with E-state index in [0.29, 0.717) is 31.5 Å². The van der Waals surface area contributed by atoms with Crippen molar-refractivity contribution in [1.29, 1.82) is 0 Å². The molecule has 0 bridgehead atoms. The van der Waals surface area contributed by atoms with Crippen LogP contribution in [0, 0.1) is 11.8 Å². The fourth-order valence-corrected chi connectivity index (χ4v) is 3.82. The zero-order valence-corrected chi connectivity index (χ0v) is 13.2. The van der Waals surface area contributed by atoms with E-state index in [9.17, 15) is 8.42 Å². The molecule has 114 valence electrons. The molecule has 1 aliphatic heterocycles. The van der Waals surface area contributed by atoms with Crippen molar-refractivity contribution in [3.63, 3.8) is 0 Å². The molecule has 1 fully saturated rings. The van der Waals surface area contributed by atoms with Crippen LogP contribution >= 0.6 is 0 Å². The molecule has 0 spiro atoms. The van der Waals surface area contributed by atoms with E-state index in [1.54, 1.807) is 4.31 Å². The minimum atomic E-state index is -3.32. The van der Waals surface area contributed by atoms with Crippen LogP contribution in [0.5, 0.6) is 0 Å². The Hall–Kier alpha value is -0.170. The van der Waals surface area contributed by atoms with Gasteiger partial charge in [-0.05, 0) is 51.0 Å². The van der Waals surface area contributed by atoms with Gasteiger partial charge < -0.3 is 5.73 Å². The van der Waals surface area contributed by atoms with E-state index in [2.05, 4.69) is 18.6 Å². The highest BCUT2D eigenvalue weighted by Gasteiger charge is 2.28. The first-order valence-corrected chi connectivity index (χ1v) is 8.76. The fraction of sp³-hybridized carbons (Fsp3) is 1.00. The standard InChI is InChI=1S/C13H29N3O2S/c1-11(2)4-5-12(3)15-19(17,18)16-8-6-13(10-14)7-9-16/h11-13,15H,4-10,14H2,1-3H3. The van der Waals surface area contributed by atoms with E-state index in [1.165, 1.54) is 0 Å². The summed E-state index contributed by atoms with van der Waals surface area (Å²) in [6, 6.07) is -0.000341. The first kappa shape index (κ1) is 16.9. The highest BCUT2D eigenvalue weighted by Crippen LogP contribution is 2.18. The molecular weight excluding hydrogens is 262 g/mol. The van der Waals surface area contributed by atoms with Gasteiger partial charge in [0.2, 0.25) is 0 Å². The summed E-state index contributed by atoms with van der Waals surface area (Å²) in [7, 11) is -3.32. The van der Waals surface area contributed by atoms with Gasteiger partial charge in [-0.25, -0.2) is 0 Å². The molecule has 1 saturated heterocycles. The van der Waals surface area contributed by atoms with Crippen molar-refractivity contribution in [2.75, 3.05) is 19.6 Å². The van der Waals surface area contributed by atoms with E-state index in [4.69, 9.17) is 5.73 Å². The van der Waals surface area contributed by atoms with E-state index in [-0.39, 0.29) is 6.04 Å². The Balaban J connectivity index is 2.43. The van der Waals surface area contributed by atoms with Gasteiger partial charge in [0, 0.05) is 19.1 Å².